The van der Waals surface area contributed by atoms with Crippen molar-refractivity contribution in [1.82, 2.24) is 5.32 Å². The van der Waals surface area contributed by atoms with Crippen LogP contribution in [0.1, 0.15) is 25.8 Å². The molecule has 2 aromatic rings. The summed E-state index contributed by atoms with van der Waals surface area (Å²) in [5.41, 5.74) is 2.41. The molecule has 0 aromatic heterocycles. The molecule has 2 atom stereocenters. The fourth-order valence-electron chi connectivity index (χ4n) is 4.01. The van der Waals surface area contributed by atoms with Crippen LogP contribution >= 0.6 is 0 Å². The van der Waals surface area contributed by atoms with E-state index in [1.165, 1.54) is 18.2 Å². The summed E-state index contributed by atoms with van der Waals surface area (Å²) in [5.74, 6) is -2.78. The van der Waals surface area contributed by atoms with Gasteiger partial charge in [0.25, 0.3) is 0 Å². The first-order valence-corrected chi connectivity index (χ1v) is 12.0. The molecule has 1 aliphatic rings. The maximum absolute atomic E-state index is 13.6. The van der Waals surface area contributed by atoms with Crippen LogP contribution in [-0.4, -0.2) is 45.8 Å². The zero-order valence-corrected chi connectivity index (χ0v) is 18.6. The highest BCUT2D eigenvalue weighted by Crippen LogP contribution is 2.31. The lowest BCUT2D eigenvalue weighted by molar-refractivity contribution is -0.121. The summed E-state index contributed by atoms with van der Waals surface area (Å²) in [6, 6.07) is 10.2. The second-order valence-corrected chi connectivity index (χ2v) is 9.71. The molecule has 3 rings (SSSR count). The summed E-state index contributed by atoms with van der Waals surface area (Å²) in [6.07, 6.45) is 2.59. The molecule has 31 heavy (non-hydrogen) atoms. The number of fused-ring (bicyclic) bond motifs is 1. The third-order valence-corrected chi connectivity index (χ3v) is 6.71. The van der Waals surface area contributed by atoms with Gasteiger partial charge in [0.05, 0.1) is 11.9 Å². The fraction of sp³-hybridized carbons (Fsp3) is 0.409. The molecule has 1 amide bonds. The first-order chi connectivity index (χ1) is 14.6. The fourth-order valence-corrected chi connectivity index (χ4v) is 5.18. The molecule has 0 fully saturated rings. The summed E-state index contributed by atoms with van der Waals surface area (Å²) >= 11 is 0. The maximum atomic E-state index is 13.6. The molecular weight excluding hydrogens is 424 g/mol. The van der Waals surface area contributed by atoms with Gasteiger partial charge in [0.1, 0.15) is 6.04 Å². The summed E-state index contributed by atoms with van der Waals surface area (Å²) in [4.78, 5) is 14.9. The number of amides is 1. The number of hydrogen-bond acceptors (Lipinski definition) is 4. The SMILES string of the molecule is C[C@@H]1Cc2ccccc2N1CCCNC(=O)[C@@H](C)N(c1ccc(F)c(F)c1)S(C)(=O)=O. The van der Waals surface area contributed by atoms with Gasteiger partial charge in [-0.2, -0.15) is 0 Å². The number of nitrogens with zero attached hydrogens (tertiary/aromatic N) is 2. The van der Waals surface area contributed by atoms with Crippen molar-refractivity contribution in [2.75, 3.05) is 28.6 Å². The summed E-state index contributed by atoms with van der Waals surface area (Å²) in [6.45, 7) is 4.69. The van der Waals surface area contributed by atoms with Crippen molar-refractivity contribution in [2.24, 2.45) is 0 Å². The smallest absolute Gasteiger partial charge is 0.243 e. The summed E-state index contributed by atoms with van der Waals surface area (Å²) in [7, 11) is -3.90. The minimum Gasteiger partial charge on any atom is -0.368 e. The molecule has 0 saturated carbocycles. The molecule has 0 spiro atoms. The first-order valence-electron chi connectivity index (χ1n) is 10.2. The Morgan fingerprint density at radius 2 is 1.94 bits per heavy atom. The lowest BCUT2D eigenvalue weighted by Crippen LogP contribution is -2.48. The standard InChI is InChI=1S/C22H27F2N3O3S/c1-15-13-17-7-4-5-8-21(17)26(15)12-6-11-25-22(28)16(2)27(31(3,29)30)18-9-10-19(23)20(24)14-18/h4-5,7-10,14-16H,6,11-13H2,1-3H3,(H,25,28)/t15-,16-/m1/s1. The van der Waals surface area contributed by atoms with Gasteiger partial charge < -0.3 is 10.2 Å². The van der Waals surface area contributed by atoms with Crippen LogP contribution in [0, 0.1) is 11.6 Å². The molecule has 1 aliphatic heterocycles. The quantitative estimate of drug-likeness (QED) is 0.627. The normalized spacial score (nSPS) is 16.7. The van der Waals surface area contributed by atoms with E-state index in [2.05, 4.69) is 29.3 Å². The van der Waals surface area contributed by atoms with Crippen molar-refractivity contribution < 1.29 is 22.0 Å². The van der Waals surface area contributed by atoms with Crippen LogP contribution in [0.4, 0.5) is 20.2 Å². The van der Waals surface area contributed by atoms with E-state index in [0.29, 0.717) is 19.0 Å². The van der Waals surface area contributed by atoms with E-state index >= 15 is 0 Å². The van der Waals surface area contributed by atoms with Crippen LogP contribution in [0.25, 0.3) is 0 Å². The van der Waals surface area contributed by atoms with Gasteiger partial charge in [-0.15, -0.1) is 0 Å². The predicted octanol–water partition coefficient (Wildman–Crippen LogP) is 3.08. The van der Waals surface area contributed by atoms with Gasteiger partial charge in [0.15, 0.2) is 11.6 Å². The summed E-state index contributed by atoms with van der Waals surface area (Å²) < 4.78 is 52.2. The zero-order chi connectivity index (χ0) is 22.8. The number of anilines is 2. The Hall–Kier alpha value is -2.68. The molecule has 0 aliphatic carbocycles. The molecule has 0 radical (unpaired) electrons. The second-order valence-electron chi connectivity index (χ2n) is 7.85. The number of benzene rings is 2. The molecule has 2 aromatic carbocycles. The number of hydrogen-bond donors (Lipinski definition) is 1. The van der Waals surface area contributed by atoms with Crippen molar-refractivity contribution in [2.45, 2.75) is 38.8 Å². The van der Waals surface area contributed by atoms with Crippen LogP contribution < -0.4 is 14.5 Å². The number of carbonyl (C=O) groups excluding carboxylic acids is 1. The number of halogens is 2. The largest absolute Gasteiger partial charge is 0.368 e. The van der Waals surface area contributed by atoms with Gasteiger partial charge in [0, 0.05) is 30.9 Å². The average molecular weight is 452 g/mol. The molecule has 0 saturated heterocycles. The van der Waals surface area contributed by atoms with Gasteiger partial charge in [-0.05, 0) is 50.5 Å². The third-order valence-electron chi connectivity index (χ3n) is 5.47. The molecule has 0 bridgehead atoms. The van der Waals surface area contributed by atoms with Gasteiger partial charge in [-0.25, -0.2) is 17.2 Å². The number of sulfonamides is 1. The van der Waals surface area contributed by atoms with E-state index in [1.54, 1.807) is 0 Å². The minimum atomic E-state index is -3.90. The van der Waals surface area contributed by atoms with E-state index in [0.717, 1.165) is 41.7 Å². The van der Waals surface area contributed by atoms with E-state index in [4.69, 9.17) is 0 Å². The van der Waals surface area contributed by atoms with Crippen LogP contribution in [0.15, 0.2) is 42.5 Å². The van der Waals surface area contributed by atoms with Crippen molar-refractivity contribution in [3.8, 4) is 0 Å². The molecule has 168 valence electrons. The summed E-state index contributed by atoms with van der Waals surface area (Å²) in [5, 5.41) is 2.75. The van der Waals surface area contributed by atoms with Crippen molar-refractivity contribution in [3.05, 3.63) is 59.7 Å². The highest BCUT2D eigenvalue weighted by Gasteiger charge is 2.30. The Morgan fingerprint density at radius 1 is 1.23 bits per heavy atom. The van der Waals surface area contributed by atoms with Crippen molar-refractivity contribution >= 4 is 27.3 Å². The second kappa shape index (κ2) is 9.21. The Bertz CT molecular complexity index is 1060. The number of para-hydroxylation sites is 1. The van der Waals surface area contributed by atoms with Crippen LogP contribution in [-0.2, 0) is 21.2 Å². The van der Waals surface area contributed by atoms with E-state index in [-0.39, 0.29) is 5.69 Å². The molecule has 1 heterocycles. The topological polar surface area (TPSA) is 69.7 Å². The molecule has 6 nitrogen and oxygen atoms in total. The Morgan fingerprint density at radius 3 is 2.61 bits per heavy atom. The Kier molecular flexibility index (Phi) is 6.83. The predicted molar refractivity (Wildman–Crippen MR) is 118 cm³/mol. The van der Waals surface area contributed by atoms with Gasteiger partial charge >= 0.3 is 0 Å². The van der Waals surface area contributed by atoms with Crippen LogP contribution in [0.3, 0.4) is 0 Å². The molecular formula is C22H27F2N3O3S. The van der Waals surface area contributed by atoms with Crippen LogP contribution in [0.5, 0.6) is 0 Å². The Balaban J connectivity index is 1.60. The van der Waals surface area contributed by atoms with E-state index < -0.39 is 33.6 Å². The van der Waals surface area contributed by atoms with E-state index in [1.807, 2.05) is 12.1 Å². The number of rotatable bonds is 8. The maximum Gasteiger partial charge on any atom is 0.243 e. The zero-order valence-electron chi connectivity index (χ0n) is 17.8. The van der Waals surface area contributed by atoms with Gasteiger partial charge in [-0.1, -0.05) is 18.2 Å². The average Bonchev–Trinajstić information content (AvgIpc) is 3.02. The lowest BCUT2D eigenvalue weighted by atomic mass is 10.1. The van der Waals surface area contributed by atoms with Crippen LogP contribution in [0.2, 0.25) is 0 Å². The van der Waals surface area contributed by atoms with Crippen molar-refractivity contribution in [1.29, 1.82) is 0 Å². The van der Waals surface area contributed by atoms with Crippen molar-refractivity contribution in [3.63, 3.8) is 0 Å². The number of carbonyl (C=O) groups is 1. The minimum absolute atomic E-state index is 0.105. The Labute approximate surface area is 181 Å². The molecule has 9 heteroatoms. The number of nitrogens with one attached hydrogen (secondary N) is 1. The highest BCUT2D eigenvalue weighted by atomic mass is 32.2. The van der Waals surface area contributed by atoms with Gasteiger partial charge in [-0.3, -0.25) is 9.10 Å². The molecule has 0 unspecified atom stereocenters. The van der Waals surface area contributed by atoms with E-state index in [9.17, 15) is 22.0 Å². The lowest BCUT2D eigenvalue weighted by Gasteiger charge is -2.28. The first kappa shape index (κ1) is 23.0. The molecule has 1 N–H and O–H groups in total. The monoisotopic (exact) mass is 451 g/mol. The highest BCUT2D eigenvalue weighted by molar-refractivity contribution is 7.92. The third kappa shape index (κ3) is 5.15. The van der Waals surface area contributed by atoms with Gasteiger partial charge in [0.2, 0.25) is 15.9 Å².